The van der Waals surface area contributed by atoms with E-state index in [4.69, 9.17) is 5.73 Å². The number of carbonyl (C=O) groups excluding carboxylic acids is 1. The Kier molecular flexibility index (Phi) is 10.0. The second-order valence-electron chi connectivity index (χ2n) is 5.90. The van der Waals surface area contributed by atoms with E-state index in [0.717, 1.165) is 5.56 Å². The van der Waals surface area contributed by atoms with Crippen molar-refractivity contribution in [1.29, 1.82) is 0 Å². The molecule has 0 saturated carbocycles. The van der Waals surface area contributed by atoms with Gasteiger partial charge in [0.15, 0.2) is 0 Å². The van der Waals surface area contributed by atoms with Crippen molar-refractivity contribution in [2.75, 3.05) is 19.6 Å². The smallest absolute Gasteiger partial charge is 0.240 e. The lowest BCUT2D eigenvalue weighted by Gasteiger charge is -2.23. The van der Waals surface area contributed by atoms with Gasteiger partial charge in [-0.3, -0.25) is 4.79 Å². The first-order valence-corrected chi connectivity index (χ1v) is 10.1. The summed E-state index contributed by atoms with van der Waals surface area (Å²) in [4.78, 5) is 14.4. The van der Waals surface area contributed by atoms with Crippen LogP contribution in [-0.4, -0.2) is 38.9 Å². The molecule has 0 aliphatic heterocycles. The maximum atomic E-state index is 12.5. The van der Waals surface area contributed by atoms with Gasteiger partial charge >= 0.3 is 0 Å². The predicted molar refractivity (Wildman–Crippen MR) is 109 cm³/mol. The first-order valence-electron chi connectivity index (χ1n) is 8.59. The first-order chi connectivity index (χ1) is 12.5. The zero-order valence-corrected chi connectivity index (χ0v) is 16.7. The molecule has 0 atom stereocenters. The van der Waals surface area contributed by atoms with Gasteiger partial charge in [-0.05, 0) is 30.7 Å². The standard InChI is InChI=1S/C19H25N3O3S.ClH/c20-13-7-15-22(16-17-8-3-1-4-9-17)19(23)12-14-21-26(24,25)18-10-5-2-6-11-18;/h1-6,8-11,21H,7,12-16,20H2;1H. The van der Waals surface area contributed by atoms with Crippen LogP contribution in [-0.2, 0) is 21.4 Å². The van der Waals surface area contributed by atoms with Gasteiger partial charge in [0.05, 0.1) is 4.90 Å². The summed E-state index contributed by atoms with van der Waals surface area (Å²) in [6.45, 7) is 1.60. The number of carbonyl (C=O) groups is 1. The molecule has 0 spiro atoms. The number of benzene rings is 2. The van der Waals surface area contributed by atoms with Crippen LogP contribution in [0.25, 0.3) is 0 Å². The Morgan fingerprint density at radius 2 is 1.59 bits per heavy atom. The number of sulfonamides is 1. The molecule has 8 heteroatoms. The highest BCUT2D eigenvalue weighted by Crippen LogP contribution is 2.09. The molecule has 0 saturated heterocycles. The molecule has 3 N–H and O–H groups in total. The van der Waals surface area contributed by atoms with Gasteiger partial charge < -0.3 is 10.6 Å². The fraction of sp³-hybridized carbons (Fsp3) is 0.316. The van der Waals surface area contributed by atoms with Crippen LogP contribution in [0.15, 0.2) is 65.6 Å². The van der Waals surface area contributed by atoms with E-state index in [9.17, 15) is 13.2 Å². The van der Waals surface area contributed by atoms with E-state index in [1.807, 2.05) is 30.3 Å². The molecule has 0 aromatic heterocycles. The van der Waals surface area contributed by atoms with Gasteiger partial charge in [-0.2, -0.15) is 0 Å². The molecular weight excluding hydrogens is 386 g/mol. The number of nitrogens with one attached hydrogen (secondary N) is 1. The van der Waals surface area contributed by atoms with Crippen molar-refractivity contribution in [2.24, 2.45) is 5.73 Å². The van der Waals surface area contributed by atoms with Crippen LogP contribution in [0.5, 0.6) is 0 Å². The van der Waals surface area contributed by atoms with Crippen molar-refractivity contribution in [2.45, 2.75) is 24.3 Å². The summed E-state index contributed by atoms with van der Waals surface area (Å²) >= 11 is 0. The molecule has 2 rings (SSSR count). The SMILES string of the molecule is Cl.NCCCN(Cc1ccccc1)C(=O)CCNS(=O)(=O)c1ccccc1. The van der Waals surface area contributed by atoms with E-state index in [2.05, 4.69) is 4.72 Å². The van der Waals surface area contributed by atoms with E-state index in [-0.39, 0.29) is 36.2 Å². The minimum absolute atomic E-state index is 0. The van der Waals surface area contributed by atoms with Gasteiger partial charge in [-0.25, -0.2) is 13.1 Å². The van der Waals surface area contributed by atoms with Crippen LogP contribution < -0.4 is 10.5 Å². The van der Waals surface area contributed by atoms with E-state index in [1.54, 1.807) is 23.1 Å². The molecule has 2 aromatic rings. The molecular formula is C19H26ClN3O3S. The number of nitrogens with two attached hydrogens (primary N) is 1. The summed E-state index contributed by atoms with van der Waals surface area (Å²) in [5.41, 5.74) is 6.59. The quantitative estimate of drug-likeness (QED) is 0.626. The van der Waals surface area contributed by atoms with Crippen molar-refractivity contribution < 1.29 is 13.2 Å². The first kappa shape index (κ1) is 23.1. The third-order valence-electron chi connectivity index (χ3n) is 3.89. The Morgan fingerprint density at radius 1 is 1.00 bits per heavy atom. The number of rotatable bonds is 10. The maximum absolute atomic E-state index is 12.5. The third-order valence-corrected chi connectivity index (χ3v) is 5.36. The fourth-order valence-electron chi connectivity index (χ4n) is 2.51. The van der Waals surface area contributed by atoms with Crippen LogP contribution in [0.1, 0.15) is 18.4 Å². The lowest BCUT2D eigenvalue weighted by molar-refractivity contribution is -0.131. The third kappa shape index (κ3) is 7.68. The van der Waals surface area contributed by atoms with E-state index >= 15 is 0 Å². The summed E-state index contributed by atoms with van der Waals surface area (Å²) in [5, 5.41) is 0. The van der Waals surface area contributed by atoms with Crippen LogP contribution in [0.4, 0.5) is 0 Å². The summed E-state index contributed by atoms with van der Waals surface area (Å²) < 4.78 is 26.9. The highest BCUT2D eigenvalue weighted by molar-refractivity contribution is 7.89. The average Bonchev–Trinajstić information content (AvgIpc) is 2.66. The van der Waals surface area contributed by atoms with Crippen LogP contribution in [0.3, 0.4) is 0 Å². The molecule has 0 aliphatic carbocycles. The zero-order chi connectivity index (χ0) is 18.8. The molecule has 2 aromatic carbocycles. The van der Waals surface area contributed by atoms with Crippen molar-refractivity contribution in [3.8, 4) is 0 Å². The Bertz CT molecular complexity index is 786. The Labute approximate surface area is 167 Å². The lowest BCUT2D eigenvalue weighted by Crippen LogP contribution is -2.35. The highest BCUT2D eigenvalue weighted by atomic mass is 35.5. The molecule has 27 heavy (non-hydrogen) atoms. The second-order valence-corrected chi connectivity index (χ2v) is 7.67. The van der Waals surface area contributed by atoms with Gasteiger partial charge in [0.25, 0.3) is 0 Å². The molecule has 0 radical (unpaired) electrons. The van der Waals surface area contributed by atoms with Crippen molar-refractivity contribution in [1.82, 2.24) is 9.62 Å². The average molecular weight is 412 g/mol. The van der Waals surface area contributed by atoms with Gasteiger partial charge in [-0.1, -0.05) is 48.5 Å². The van der Waals surface area contributed by atoms with Gasteiger partial charge in [-0.15, -0.1) is 12.4 Å². The van der Waals surface area contributed by atoms with Gasteiger partial charge in [0, 0.05) is 26.1 Å². The van der Waals surface area contributed by atoms with E-state index < -0.39 is 10.0 Å². The fourth-order valence-corrected chi connectivity index (χ4v) is 3.56. The Balaban J connectivity index is 0.00000364. The molecule has 148 valence electrons. The monoisotopic (exact) mass is 411 g/mol. The van der Waals surface area contributed by atoms with Crippen molar-refractivity contribution in [3.63, 3.8) is 0 Å². The maximum Gasteiger partial charge on any atom is 0.240 e. The van der Waals surface area contributed by atoms with Gasteiger partial charge in [0.2, 0.25) is 15.9 Å². The summed E-state index contributed by atoms with van der Waals surface area (Å²) in [7, 11) is -3.60. The van der Waals surface area contributed by atoms with Crippen LogP contribution >= 0.6 is 12.4 Å². The number of nitrogens with zero attached hydrogens (tertiary/aromatic N) is 1. The summed E-state index contributed by atoms with van der Waals surface area (Å²) in [6, 6.07) is 17.8. The minimum Gasteiger partial charge on any atom is -0.338 e. The van der Waals surface area contributed by atoms with Gasteiger partial charge in [0.1, 0.15) is 0 Å². The van der Waals surface area contributed by atoms with Crippen molar-refractivity contribution in [3.05, 3.63) is 66.2 Å². The Hall–Kier alpha value is -1.93. The molecule has 6 nitrogen and oxygen atoms in total. The Morgan fingerprint density at radius 3 is 2.19 bits per heavy atom. The summed E-state index contributed by atoms with van der Waals surface area (Å²) in [5.74, 6) is -0.0990. The van der Waals surface area contributed by atoms with Crippen LogP contribution in [0, 0.1) is 0 Å². The molecule has 0 bridgehead atoms. The molecule has 0 aliphatic rings. The lowest BCUT2D eigenvalue weighted by atomic mass is 10.2. The van der Waals surface area contributed by atoms with E-state index in [1.165, 1.54) is 12.1 Å². The van der Waals surface area contributed by atoms with Crippen LogP contribution in [0.2, 0.25) is 0 Å². The van der Waals surface area contributed by atoms with Crippen molar-refractivity contribution >= 4 is 28.3 Å². The summed E-state index contributed by atoms with van der Waals surface area (Å²) in [6.07, 6.45) is 0.803. The minimum atomic E-state index is -3.60. The molecule has 0 fully saturated rings. The predicted octanol–water partition coefficient (Wildman–Crippen LogP) is 2.15. The largest absolute Gasteiger partial charge is 0.338 e. The number of halogens is 1. The van der Waals surface area contributed by atoms with E-state index in [0.29, 0.717) is 26.1 Å². The molecule has 0 unspecified atom stereocenters. The molecule has 1 amide bonds. The zero-order valence-electron chi connectivity index (χ0n) is 15.1. The highest BCUT2D eigenvalue weighted by Gasteiger charge is 2.16. The normalized spacial score (nSPS) is 10.9. The molecule has 0 heterocycles. The topological polar surface area (TPSA) is 92.5 Å². The number of hydrogen-bond acceptors (Lipinski definition) is 4. The second kappa shape index (κ2) is 11.7. The number of hydrogen-bond donors (Lipinski definition) is 2. The number of amides is 1.